The number of carboxylic acids is 2. The van der Waals surface area contributed by atoms with Crippen molar-refractivity contribution in [3.63, 3.8) is 0 Å². The van der Waals surface area contributed by atoms with E-state index in [0.29, 0.717) is 31.3 Å². The van der Waals surface area contributed by atoms with Crippen molar-refractivity contribution in [3.8, 4) is 11.5 Å². The van der Waals surface area contributed by atoms with Gasteiger partial charge in [-0.15, -0.1) is 0 Å². The highest BCUT2D eigenvalue weighted by molar-refractivity contribution is 5.97. The van der Waals surface area contributed by atoms with Crippen molar-refractivity contribution < 1.29 is 29.3 Å². The number of anilines is 1. The number of unbranched alkanes of at least 4 members (excludes halogenated alkanes) is 5. The number of pyridine rings is 1. The highest BCUT2D eigenvalue weighted by Crippen LogP contribution is 2.40. The van der Waals surface area contributed by atoms with E-state index in [0.717, 1.165) is 47.4 Å². The van der Waals surface area contributed by atoms with Gasteiger partial charge in [0.15, 0.2) is 11.5 Å². The van der Waals surface area contributed by atoms with Crippen LogP contribution in [-0.4, -0.2) is 53.4 Å². The summed E-state index contributed by atoms with van der Waals surface area (Å²) in [5.74, 6) is -0.973. The SMILES string of the molecule is CCCCCCCCOc1c(OC)cc(NC(C)CCCN)c2ncccc12.O=C(O)/C=C/C(=O)O. The topological polar surface area (TPSA) is 144 Å². The number of rotatable bonds is 16. The van der Waals surface area contributed by atoms with Crippen LogP contribution in [-0.2, 0) is 9.59 Å². The average Bonchev–Trinajstić information content (AvgIpc) is 2.86. The molecule has 0 bridgehead atoms. The minimum Gasteiger partial charge on any atom is -0.493 e. The standard InChI is InChI=1S/C23H37N3O2.C4H4O4/c1-4-5-6-7-8-9-16-28-23-19-13-11-15-25-22(19)20(17-21(23)27-3)26-18(2)12-10-14-24;5-3(6)1-2-4(7)8/h11,13,15,17-18,26H,4-10,12,14,16,24H2,1-3H3;1-2H,(H,5,6)(H,7,8)/b;2-1+. The minimum absolute atomic E-state index is 0.313. The highest BCUT2D eigenvalue weighted by Gasteiger charge is 2.16. The fraction of sp³-hybridized carbons (Fsp3) is 0.519. The van der Waals surface area contributed by atoms with E-state index >= 15 is 0 Å². The van der Waals surface area contributed by atoms with Gasteiger partial charge in [-0.05, 0) is 44.9 Å². The summed E-state index contributed by atoms with van der Waals surface area (Å²) in [5, 5.41) is 20.2. The molecule has 200 valence electrons. The molecule has 0 fully saturated rings. The van der Waals surface area contributed by atoms with Crippen molar-refractivity contribution in [2.75, 3.05) is 25.6 Å². The van der Waals surface area contributed by atoms with E-state index < -0.39 is 11.9 Å². The van der Waals surface area contributed by atoms with Crippen LogP contribution in [0.4, 0.5) is 5.69 Å². The number of nitrogens with two attached hydrogens (primary N) is 1. The number of hydrogen-bond acceptors (Lipinski definition) is 7. The second kappa shape index (κ2) is 18.0. The van der Waals surface area contributed by atoms with Gasteiger partial charge in [-0.25, -0.2) is 9.59 Å². The molecule has 9 heteroatoms. The summed E-state index contributed by atoms with van der Waals surface area (Å²) in [4.78, 5) is 23.7. The summed E-state index contributed by atoms with van der Waals surface area (Å²) in [5.41, 5.74) is 7.53. The highest BCUT2D eigenvalue weighted by atomic mass is 16.5. The molecule has 2 rings (SSSR count). The lowest BCUT2D eigenvalue weighted by molar-refractivity contribution is -0.134. The third-order valence-corrected chi connectivity index (χ3v) is 5.38. The first kappa shape index (κ1) is 30.7. The zero-order valence-electron chi connectivity index (χ0n) is 21.7. The van der Waals surface area contributed by atoms with Crippen LogP contribution in [0.1, 0.15) is 65.2 Å². The smallest absolute Gasteiger partial charge is 0.328 e. The number of aromatic nitrogens is 1. The summed E-state index contributed by atoms with van der Waals surface area (Å²) in [6.45, 7) is 5.82. The Labute approximate surface area is 213 Å². The van der Waals surface area contributed by atoms with Crippen LogP contribution < -0.4 is 20.5 Å². The third kappa shape index (κ3) is 11.9. The Bertz CT molecular complexity index is 948. The van der Waals surface area contributed by atoms with Crippen molar-refractivity contribution in [2.45, 2.75) is 71.3 Å². The van der Waals surface area contributed by atoms with Crippen molar-refractivity contribution >= 4 is 28.5 Å². The number of carbonyl (C=O) groups is 2. The molecule has 1 atom stereocenters. The average molecular weight is 504 g/mol. The van der Waals surface area contributed by atoms with Gasteiger partial charge in [-0.2, -0.15) is 0 Å². The fourth-order valence-electron chi connectivity index (χ4n) is 3.57. The quantitative estimate of drug-likeness (QED) is 0.179. The Morgan fingerprint density at radius 3 is 2.39 bits per heavy atom. The summed E-state index contributed by atoms with van der Waals surface area (Å²) in [6.07, 6.45) is 12.4. The summed E-state index contributed by atoms with van der Waals surface area (Å²) >= 11 is 0. The number of hydrogen-bond donors (Lipinski definition) is 4. The minimum atomic E-state index is -1.26. The zero-order valence-corrected chi connectivity index (χ0v) is 21.7. The summed E-state index contributed by atoms with van der Waals surface area (Å²) in [7, 11) is 1.69. The van der Waals surface area contributed by atoms with Crippen molar-refractivity contribution in [1.82, 2.24) is 4.98 Å². The molecule has 0 amide bonds. The first-order valence-electron chi connectivity index (χ1n) is 12.5. The Morgan fingerprint density at radius 1 is 1.11 bits per heavy atom. The molecule has 1 aromatic carbocycles. The second-order valence-electron chi connectivity index (χ2n) is 8.46. The summed E-state index contributed by atoms with van der Waals surface area (Å²) in [6, 6.07) is 6.32. The van der Waals surface area contributed by atoms with Gasteiger partial charge >= 0.3 is 11.9 Å². The van der Waals surface area contributed by atoms with E-state index in [-0.39, 0.29) is 0 Å². The van der Waals surface area contributed by atoms with Crippen LogP contribution in [0, 0.1) is 0 Å². The normalized spacial score (nSPS) is 11.6. The van der Waals surface area contributed by atoms with Crippen LogP contribution in [0.5, 0.6) is 11.5 Å². The van der Waals surface area contributed by atoms with E-state index in [4.69, 9.17) is 25.4 Å². The van der Waals surface area contributed by atoms with Crippen LogP contribution in [0.15, 0.2) is 36.5 Å². The van der Waals surface area contributed by atoms with Gasteiger partial charge in [0.2, 0.25) is 0 Å². The molecule has 0 saturated heterocycles. The second-order valence-corrected chi connectivity index (χ2v) is 8.46. The number of ether oxygens (including phenoxy) is 2. The van der Waals surface area contributed by atoms with Crippen LogP contribution in [0.3, 0.4) is 0 Å². The lowest BCUT2D eigenvalue weighted by atomic mass is 10.1. The number of nitrogens with zero attached hydrogens (tertiary/aromatic N) is 1. The molecule has 1 heterocycles. The molecule has 0 aliphatic rings. The van der Waals surface area contributed by atoms with Gasteiger partial charge in [-0.3, -0.25) is 4.98 Å². The number of carboxylic acid groups (broad SMARTS) is 2. The Hall–Kier alpha value is -3.33. The maximum atomic E-state index is 9.55. The number of fused-ring (bicyclic) bond motifs is 1. The maximum absolute atomic E-state index is 9.55. The lowest BCUT2D eigenvalue weighted by Gasteiger charge is -2.20. The molecule has 1 aromatic heterocycles. The molecular formula is C27H41N3O6. The van der Waals surface area contributed by atoms with Gasteiger partial charge in [0.25, 0.3) is 0 Å². The van der Waals surface area contributed by atoms with E-state index in [1.807, 2.05) is 18.3 Å². The largest absolute Gasteiger partial charge is 0.493 e. The first-order valence-corrected chi connectivity index (χ1v) is 12.5. The molecule has 1 unspecified atom stereocenters. The Morgan fingerprint density at radius 2 is 1.78 bits per heavy atom. The molecule has 0 radical (unpaired) electrons. The van der Waals surface area contributed by atoms with Gasteiger partial charge in [0.1, 0.15) is 0 Å². The van der Waals surface area contributed by atoms with E-state index in [1.54, 1.807) is 7.11 Å². The molecule has 2 aromatic rings. The number of aliphatic carboxylic acids is 2. The zero-order chi connectivity index (χ0) is 26.8. The molecule has 0 spiro atoms. The van der Waals surface area contributed by atoms with Crippen LogP contribution in [0.25, 0.3) is 10.9 Å². The molecular weight excluding hydrogens is 462 g/mol. The van der Waals surface area contributed by atoms with Gasteiger partial charge in [0, 0.05) is 35.8 Å². The molecule has 0 aliphatic carbocycles. The van der Waals surface area contributed by atoms with Crippen molar-refractivity contribution in [2.24, 2.45) is 5.73 Å². The van der Waals surface area contributed by atoms with Gasteiger partial charge in [0.05, 0.1) is 24.9 Å². The van der Waals surface area contributed by atoms with Crippen molar-refractivity contribution in [3.05, 3.63) is 36.5 Å². The number of benzene rings is 1. The summed E-state index contributed by atoms with van der Waals surface area (Å²) < 4.78 is 11.8. The number of methoxy groups -OCH3 is 1. The molecule has 5 N–H and O–H groups in total. The molecule has 9 nitrogen and oxygen atoms in total. The lowest BCUT2D eigenvalue weighted by Crippen LogP contribution is -2.17. The molecule has 0 aliphatic heterocycles. The van der Waals surface area contributed by atoms with Crippen LogP contribution >= 0.6 is 0 Å². The van der Waals surface area contributed by atoms with E-state index in [1.165, 1.54) is 32.1 Å². The fourth-order valence-corrected chi connectivity index (χ4v) is 3.57. The number of nitrogens with one attached hydrogen (secondary N) is 1. The Balaban J connectivity index is 0.000000697. The molecule has 36 heavy (non-hydrogen) atoms. The van der Waals surface area contributed by atoms with Gasteiger partial charge < -0.3 is 30.7 Å². The van der Waals surface area contributed by atoms with E-state index in [9.17, 15) is 9.59 Å². The van der Waals surface area contributed by atoms with Crippen molar-refractivity contribution in [1.29, 1.82) is 0 Å². The monoisotopic (exact) mass is 503 g/mol. The molecule has 0 saturated carbocycles. The first-order chi connectivity index (χ1) is 17.3. The predicted molar refractivity (Wildman–Crippen MR) is 143 cm³/mol. The Kier molecular flexibility index (Phi) is 15.4. The third-order valence-electron chi connectivity index (χ3n) is 5.38. The van der Waals surface area contributed by atoms with Gasteiger partial charge in [-0.1, -0.05) is 39.0 Å². The van der Waals surface area contributed by atoms with Crippen LogP contribution in [0.2, 0.25) is 0 Å². The van der Waals surface area contributed by atoms with E-state index in [2.05, 4.69) is 30.2 Å². The predicted octanol–water partition coefficient (Wildman–Crippen LogP) is 5.23. The maximum Gasteiger partial charge on any atom is 0.328 e.